The van der Waals surface area contributed by atoms with Gasteiger partial charge in [-0.05, 0) is 53.8 Å². The average molecular weight is 465 g/mol. The molecule has 3 aromatic rings. The van der Waals surface area contributed by atoms with E-state index in [2.05, 4.69) is 23.2 Å². The van der Waals surface area contributed by atoms with E-state index >= 15 is 0 Å². The van der Waals surface area contributed by atoms with E-state index in [0.29, 0.717) is 39.0 Å². The summed E-state index contributed by atoms with van der Waals surface area (Å²) in [6, 6.07) is 18.6. The number of fused-ring (bicyclic) bond motifs is 2. The van der Waals surface area contributed by atoms with Crippen LogP contribution >= 0.6 is 0 Å². The highest BCUT2D eigenvalue weighted by molar-refractivity contribution is 6.15. The standard InChI is InChI=1S/C29H28N4O2/c1-19-11-21(9-10-30-19)29-26-13-24-17-33(28(35)14-22(24)12-23(26)15-31-29)25-7-8-27(34)32(18-25)16-20-5-3-2-4-6-20/h2-6,9-13,25H,7-8,14-18H2,1H3. The number of hydrogen-bond donors (Lipinski definition) is 0. The van der Waals surface area contributed by atoms with Crippen molar-refractivity contribution in [1.82, 2.24) is 14.8 Å². The van der Waals surface area contributed by atoms with Crippen LogP contribution in [0.1, 0.15) is 51.9 Å². The number of carbonyl (C=O) groups is 2. The first-order chi connectivity index (χ1) is 17.0. The van der Waals surface area contributed by atoms with Crippen molar-refractivity contribution in [3.63, 3.8) is 0 Å². The van der Waals surface area contributed by atoms with Gasteiger partial charge in [0.2, 0.25) is 11.8 Å². The molecule has 1 saturated heterocycles. The fourth-order valence-corrected chi connectivity index (χ4v) is 5.57. The van der Waals surface area contributed by atoms with Crippen molar-refractivity contribution in [2.75, 3.05) is 6.54 Å². The maximum Gasteiger partial charge on any atom is 0.227 e. The first-order valence-electron chi connectivity index (χ1n) is 12.3. The van der Waals surface area contributed by atoms with Gasteiger partial charge in [0.15, 0.2) is 0 Å². The van der Waals surface area contributed by atoms with E-state index in [1.165, 1.54) is 11.1 Å². The molecule has 2 aromatic carbocycles. The van der Waals surface area contributed by atoms with Gasteiger partial charge in [0.05, 0.1) is 24.7 Å². The molecule has 35 heavy (non-hydrogen) atoms. The number of benzene rings is 2. The molecule has 2 amide bonds. The van der Waals surface area contributed by atoms with Crippen LogP contribution in [0.5, 0.6) is 0 Å². The lowest BCUT2D eigenvalue weighted by Crippen LogP contribution is -2.53. The Hall–Kier alpha value is -3.80. The summed E-state index contributed by atoms with van der Waals surface area (Å²) in [6.07, 6.45) is 3.45. The van der Waals surface area contributed by atoms with Crippen molar-refractivity contribution in [2.45, 2.75) is 51.9 Å². The van der Waals surface area contributed by atoms with E-state index < -0.39 is 0 Å². The maximum atomic E-state index is 13.2. The van der Waals surface area contributed by atoms with Gasteiger partial charge in [-0.2, -0.15) is 0 Å². The minimum absolute atomic E-state index is 0.0429. The van der Waals surface area contributed by atoms with Crippen LogP contribution in [0.25, 0.3) is 0 Å². The van der Waals surface area contributed by atoms with Gasteiger partial charge in [-0.3, -0.25) is 19.6 Å². The topological polar surface area (TPSA) is 65.9 Å². The highest BCUT2D eigenvalue weighted by Gasteiger charge is 2.35. The molecule has 6 rings (SSSR count). The van der Waals surface area contributed by atoms with Crippen molar-refractivity contribution >= 4 is 17.5 Å². The van der Waals surface area contributed by atoms with E-state index in [-0.39, 0.29) is 17.9 Å². The molecule has 1 atom stereocenters. The molecule has 3 aliphatic rings. The molecule has 1 aromatic heterocycles. The summed E-state index contributed by atoms with van der Waals surface area (Å²) in [6.45, 7) is 4.40. The average Bonchev–Trinajstić information content (AvgIpc) is 3.27. The Balaban J connectivity index is 1.24. The lowest BCUT2D eigenvalue weighted by molar-refractivity contribution is -0.143. The van der Waals surface area contributed by atoms with Crippen molar-refractivity contribution in [3.8, 4) is 0 Å². The molecule has 1 unspecified atom stereocenters. The van der Waals surface area contributed by atoms with Crippen molar-refractivity contribution in [2.24, 2.45) is 4.99 Å². The first kappa shape index (κ1) is 21.7. The monoisotopic (exact) mass is 464 g/mol. The summed E-state index contributed by atoms with van der Waals surface area (Å²) in [5, 5.41) is 0. The summed E-state index contributed by atoms with van der Waals surface area (Å²) in [7, 11) is 0. The smallest absolute Gasteiger partial charge is 0.227 e. The van der Waals surface area contributed by atoms with Crippen LogP contribution < -0.4 is 0 Å². The minimum atomic E-state index is 0.0429. The van der Waals surface area contributed by atoms with E-state index in [0.717, 1.165) is 40.1 Å². The summed E-state index contributed by atoms with van der Waals surface area (Å²) in [5.41, 5.74) is 8.83. The molecule has 0 bridgehead atoms. The van der Waals surface area contributed by atoms with Gasteiger partial charge < -0.3 is 9.80 Å². The van der Waals surface area contributed by atoms with Crippen LogP contribution in [0.4, 0.5) is 0 Å². The van der Waals surface area contributed by atoms with Crippen LogP contribution in [0, 0.1) is 6.92 Å². The van der Waals surface area contributed by atoms with Crippen LogP contribution in [-0.2, 0) is 35.6 Å². The van der Waals surface area contributed by atoms with Gasteiger partial charge in [0, 0.05) is 49.1 Å². The minimum Gasteiger partial charge on any atom is -0.336 e. The summed E-state index contributed by atoms with van der Waals surface area (Å²) in [4.78, 5) is 38.9. The van der Waals surface area contributed by atoms with Crippen molar-refractivity contribution in [1.29, 1.82) is 0 Å². The third kappa shape index (κ3) is 4.14. The Morgan fingerprint density at radius 3 is 2.66 bits per heavy atom. The molecule has 176 valence electrons. The number of aliphatic imine (C=N–C) groups is 1. The second-order valence-electron chi connectivity index (χ2n) is 9.78. The molecular formula is C29H28N4O2. The number of amides is 2. The maximum absolute atomic E-state index is 13.2. The Kier molecular flexibility index (Phi) is 5.44. The molecule has 0 spiro atoms. The Labute approximate surface area is 205 Å². The fraction of sp³-hybridized carbons (Fsp3) is 0.310. The second-order valence-corrected chi connectivity index (χ2v) is 9.78. The van der Waals surface area contributed by atoms with Crippen LogP contribution in [0.15, 0.2) is 65.8 Å². The van der Waals surface area contributed by atoms with Crippen LogP contribution in [0.3, 0.4) is 0 Å². The zero-order valence-corrected chi connectivity index (χ0v) is 19.9. The SMILES string of the molecule is Cc1cc(C2=NCc3cc4c(cc32)CN(C2CCC(=O)N(Cc3ccccc3)C2)C(=O)C4)ccn1. The highest BCUT2D eigenvalue weighted by atomic mass is 16.2. The Morgan fingerprint density at radius 1 is 0.971 bits per heavy atom. The van der Waals surface area contributed by atoms with E-state index in [9.17, 15) is 9.59 Å². The number of hydrogen-bond acceptors (Lipinski definition) is 4. The number of aryl methyl sites for hydroxylation is 1. The van der Waals surface area contributed by atoms with Gasteiger partial charge in [-0.15, -0.1) is 0 Å². The Bertz CT molecular complexity index is 1350. The van der Waals surface area contributed by atoms with Gasteiger partial charge >= 0.3 is 0 Å². The summed E-state index contributed by atoms with van der Waals surface area (Å²) in [5.74, 6) is 0.321. The number of aromatic nitrogens is 1. The highest BCUT2D eigenvalue weighted by Crippen LogP contribution is 2.32. The lowest BCUT2D eigenvalue weighted by Gasteiger charge is -2.41. The largest absolute Gasteiger partial charge is 0.336 e. The molecule has 0 aliphatic carbocycles. The second kappa shape index (κ2) is 8.77. The number of likely N-dealkylation sites (tertiary alicyclic amines) is 1. The molecule has 0 radical (unpaired) electrons. The molecule has 4 heterocycles. The number of pyridine rings is 1. The predicted molar refractivity (Wildman–Crippen MR) is 134 cm³/mol. The van der Waals surface area contributed by atoms with Crippen molar-refractivity contribution in [3.05, 3.63) is 99.9 Å². The van der Waals surface area contributed by atoms with Gasteiger partial charge in [-0.1, -0.05) is 36.4 Å². The van der Waals surface area contributed by atoms with E-state index in [4.69, 9.17) is 4.99 Å². The number of piperidine rings is 1. The first-order valence-corrected chi connectivity index (χ1v) is 12.3. The molecule has 3 aliphatic heterocycles. The number of rotatable bonds is 4. The molecule has 0 N–H and O–H groups in total. The zero-order valence-electron chi connectivity index (χ0n) is 19.9. The van der Waals surface area contributed by atoms with E-state index in [1.54, 1.807) is 0 Å². The molecular weight excluding hydrogens is 436 g/mol. The quantitative estimate of drug-likeness (QED) is 0.590. The predicted octanol–water partition coefficient (Wildman–Crippen LogP) is 3.82. The zero-order chi connectivity index (χ0) is 23.9. The number of carbonyl (C=O) groups excluding carboxylic acids is 2. The lowest BCUT2D eigenvalue weighted by atomic mass is 9.90. The number of nitrogens with zero attached hydrogens (tertiary/aromatic N) is 4. The van der Waals surface area contributed by atoms with Crippen molar-refractivity contribution < 1.29 is 9.59 Å². The van der Waals surface area contributed by atoms with Gasteiger partial charge in [-0.25, -0.2) is 0 Å². The van der Waals surface area contributed by atoms with E-state index in [1.807, 2.05) is 59.3 Å². The summed E-state index contributed by atoms with van der Waals surface area (Å²) < 4.78 is 0. The third-order valence-corrected chi connectivity index (χ3v) is 7.39. The van der Waals surface area contributed by atoms with Gasteiger partial charge in [0.25, 0.3) is 0 Å². The van der Waals surface area contributed by atoms with Crippen LogP contribution in [-0.4, -0.2) is 44.9 Å². The Morgan fingerprint density at radius 2 is 1.83 bits per heavy atom. The molecule has 0 saturated carbocycles. The van der Waals surface area contributed by atoms with Gasteiger partial charge in [0.1, 0.15) is 0 Å². The molecule has 6 heteroatoms. The fourth-order valence-electron chi connectivity index (χ4n) is 5.57. The van der Waals surface area contributed by atoms with Crippen LogP contribution in [0.2, 0.25) is 0 Å². The molecule has 6 nitrogen and oxygen atoms in total. The summed E-state index contributed by atoms with van der Waals surface area (Å²) >= 11 is 0. The third-order valence-electron chi connectivity index (χ3n) is 7.39. The molecule has 1 fully saturated rings. The normalized spacial score (nSPS) is 19.5.